The number of thiophene rings is 1. The smallest absolute Gasteiger partial charge is 0.0909 e. The molecule has 0 N–H and O–H groups in total. The number of hydrogen-bond donors (Lipinski definition) is 0. The summed E-state index contributed by atoms with van der Waals surface area (Å²) in [6.45, 7) is 0. The number of benzene rings is 6. The molecule has 0 spiro atoms. The van der Waals surface area contributed by atoms with Crippen molar-refractivity contribution < 1.29 is 0 Å². The standard InChI is InChI=1S/C41H28N2S/c1-3-11-29(12-4-1)30-19-21-31(22-20-30)32-23-25-34(26-24-32)43(37-17-9-7-15-35(37)33-13-5-2-6-14-33)38-27-28-42-40-36-16-8-10-18-39(36)44-41(38)40/h1-28H. The van der Waals surface area contributed by atoms with Crippen LogP contribution in [0.1, 0.15) is 0 Å². The number of fused-ring (bicyclic) bond motifs is 3. The second kappa shape index (κ2) is 11.3. The molecule has 2 aromatic heterocycles. The van der Waals surface area contributed by atoms with E-state index in [1.807, 2.05) is 6.20 Å². The van der Waals surface area contributed by atoms with Crippen LogP contribution < -0.4 is 4.90 Å². The van der Waals surface area contributed by atoms with Crippen LogP contribution in [0.5, 0.6) is 0 Å². The zero-order chi connectivity index (χ0) is 29.3. The molecule has 0 bridgehead atoms. The molecule has 208 valence electrons. The number of aromatic nitrogens is 1. The number of anilines is 3. The fourth-order valence-corrected chi connectivity index (χ4v) is 7.16. The highest BCUT2D eigenvalue weighted by atomic mass is 32.1. The molecule has 0 amide bonds. The monoisotopic (exact) mass is 580 g/mol. The van der Waals surface area contributed by atoms with Gasteiger partial charge in [-0.1, -0.05) is 133 Å². The normalized spacial score (nSPS) is 11.2. The van der Waals surface area contributed by atoms with Crippen molar-refractivity contribution in [1.29, 1.82) is 0 Å². The molecule has 0 saturated heterocycles. The van der Waals surface area contributed by atoms with Crippen molar-refractivity contribution in [1.82, 2.24) is 4.98 Å². The first-order valence-corrected chi connectivity index (χ1v) is 15.6. The van der Waals surface area contributed by atoms with Crippen LogP contribution in [0, 0.1) is 0 Å². The van der Waals surface area contributed by atoms with Gasteiger partial charge in [-0.3, -0.25) is 4.98 Å². The third kappa shape index (κ3) is 4.74. The summed E-state index contributed by atoms with van der Waals surface area (Å²) in [6, 6.07) is 58.3. The second-order valence-corrected chi connectivity index (χ2v) is 11.9. The van der Waals surface area contributed by atoms with E-state index in [0.717, 1.165) is 22.6 Å². The Balaban J connectivity index is 1.27. The molecule has 0 aliphatic rings. The van der Waals surface area contributed by atoms with Crippen molar-refractivity contribution >= 4 is 48.7 Å². The third-order valence-corrected chi connectivity index (χ3v) is 9.34. The minimum absolute atomic E-state index is 1.04. The first-order valence-electron chi connectivity index (χ1n) is 14.8. The van der Waals surface area contributed by atoms with Gasteiger partial charge in [0.2, 0.25) is 0 Å². The lowest BCUT2D eigenvalue weighted by atomic mass is 9.99. The molecule has 0 aliphatic heterocycles. The Hall–Kier alpha value is -5.51. The fourth-order valence-electron chi connectivity index (χ4n) is 5.99. The molecule has 3 heteroatoms. The Morgan fingerprint density at radius 3 is 1.68 bits per heavy atom. The fraction of sp³-hybridized carbons (Fsp3) is 0. The van der Waals surface area contributed by atoms with Gasteiger partial charge >= 0.3 is 0 Å². The van der Waals surface area contributed by atoms with Gasteiger partial charge in [0.25, 0.3) is 0 Å². The number of nitrogens with zero attached hydrogens (tertiary/aromatic N) is 2. The molecule has 0 aliphatic carbocycles. The van der Waals surface area contributed by atoms with E-state index in [-0.39, 0.29) is 0 Å². The Labute approximate surface area is 261 Å². The van der Waals surface area contributed by atoms with Gasteiger partial charge in [0.1, 0.15) is 0 Å². The Morgan fingerprint density at radius 2 is 0.977 bits per heavy atom. The molecule has 0 saturated carbocycles. The topological polar surface area (TPSA) is 16.1 Å². The van der Waals surface area contributed by atoms with Crippen LogP contribution in [0.2, 0.25) is 0 Å². The number of para-hydroxylation sites is 1. The minimum atomic E-state index is 1.04. The van der Waals surface area contributed by atoms with E-state index in [2.05, 4.69) is 169 Å². The largest absolute Gasteiger partial charge is 0.308 e. The van der Waals surface area contributed by atoms with E-state index in [0.29, 0.717) is 0 Å². The van der Waals surface area contributed by atoms with Crippen LogP contribution in [0.3, 0.4) is 0 Å². The van der Waals surface area contributed by atoms with Crippen molar-refractivity contribution in [2.24, 2.45) is 0 Å². The average molecular weight is 581 g/mol. The molecule has 0 radical (unpaired) electrons. The van der Waals surface area contributed by atoms with E-state index in [9.17, 15) is 0 Å². The van der Waals surface area contributed by atoms with E-state index in [4.69, 9.17) is 4.98 Å². The lowest BCUT2D eigenvalue weighted by Crippen LogP contribution is -2.11. The lowest BCUT2D eigenvalue weighted by Gasteiger charge is -2.28. The zero-order valence-electron chi connectivity index (χ0n) is 24.0. The van der Waals surface area contributed by atoms with Crippen molar-refractivity contribution in [3.8, 4) is 33.4 Å². The zero-order valence-corrected chi connectivity index (χ0v) is 24.8. The van der Waals surface area contributed by atoms with Crippen LogP contribution >= 0.6 is 11.3 Å². The Bertz CT molecular complexity index is 2200. The van der Waals surface area contributed by atoms with Gasteiger partial charge in [0.05, 0.1) is 21.6 Å². The van der Waals surface area contributed by atoms with Crippen LogP contribution in [-0.4, -0.2) is 4.98 Å². The maximum absolute atomic E-state index is 4.85. The quantitative estimate of drug-likeness (QED) is 0.194. The molecular weight excluding hydrogens is 553 g/mol. The van der Waals surface area contributed by atoms with Gasteiger partial charge in [-0.25, -0.2) is 0 Å². The van der Waals surface area contributed by atoms with E-state index >= 15 is 0 Å². The summed E-state index contributed by atoms with van der Waals surface area (Å²) in [5.74, 6) is 0. The molecule has 2 heterocycles. The summed E-state index contributed by atoms with van der Waals surface area (Å²) in [5, 5.41) is 1.19. The molecule has 8 aromatic rings. The number of rotatable bonds is 6. The average Bonchev–Trinajstić information content (AvgIpc) is 3.49. The van der Waals surface area contributed by atoms with Crippen LogP contribution in [-0.2, 0) is 0 Å². The third-order valence-electron chi connectivity index (χ3n) is 8.16. The molecular formula is C41H28N2S. The molecule has 44 heavy (non-hydrogen) atoms. The van der Waals surface area contributed by atoms with Crippen molar-refractivity contribution in [3.63, 3.8) is 0 Å². The highest BCUT2D eigenvalue weighted by Crippen LogP contribution is 2.46. The summed E-state index contributed by atoms with van der Waals surface area (Å²) in [6.07, 6.45) is 1.94. The van der Waals surface area contributed by atoms with Gasteiger partial charge in [0.15, 0.2) is 0 Å². The molecule has 0 atom stereocenters. The van der Waals surface area contributed by atoms with E-state index in [1.165, 1.54) is 48.2 Å². The molecule has 8 rings (SSSR count). The van der Waals surface area contributed by atoms with Gasteiger partial charge in [-0.2, -0.15) is 0 Å². The summed E-state index contributed by atoms with van der Waals surface area (Å²) >= 11 is 1.80. The number of pyridine rings is 1. The highest BCUT2D eigenvalue weighted by Gasteiger charge is 2.21. The van der Waals surface area contributed by atoms with Gasteiger partial charge in [-0.05, 0) is 58.1 Å². The van der Waals surface area contributed by atoms with Crippen LogP contribution in [0.4, 0.5) is 17.1 Å². The van der Waals surface area contributed by atoms with Crippen molar-refractivity contribution in [3.05, 3.63) is 170 Å². The highest BCUT2D eigenvalue weighted by molar-refractivity contribution is 7.26. The van der Waals surface area contributed by atoms with Gasteiger partial charge in [-0.15, -0.1) is 11.3 Å². The van der Waals surface area contributed by atoms with Crippen molar-refractivity contribution in [2.75, 3.05) is 4.90 Å². The van der Waals surface area contributed by atoms with E-state index in [1.54, 1.807) is 11.3 Å². The van der Waals surface area contributed by atoms with E-state index < -0.39 is 0 Å². The predicted octanol–water partition coefficient (Wildman–Crippen LogP) is 11.9. The predicted molar refractivity (Wildman–Crippen MR) is 188 cm³/mol. The second-order valence-electron chi connectivity index (χ2n) is 10.8. The van der Waals surface area contributed by atoms with Crippen LogP contribution in [0.15, 0.2) is 170 Å². The lowest BCUT2D eigenvalue weighted by molar-refractivity contribution is 1.29. The molecule has 0 unspecified atom stereocenters. The summed E-state index contributed by atoms with van der Waals surface area (Å²) in [4.78, 5) is 7.24. The van der Waals surface area contributed by atoms with Gasteiger partial charge < -0.3 is 4.90 Å². The molecule has 0 fully saturated rings. The number of hydrogen-bond acceptors (Lipinski definition) is 3. The first-order chi connectivity index (χ1) is 21.8. The van der Waals surface area contributed by atoms with Crippen LogP contribution in [0.25, 0.3) is 53.7 Å². The molecule has 6 aromatic carbocycles. The Kier molecular flexibility index (Phi) is 6.71. The first kappa shape index (κ1) is 26.1. The summed E-state index contributed by atoms with van der Waals surface area (Å²) in [7, 11) is 0. The molecule has 2 nitrogen and oxygen atoms in total. The Morgan fingerprint density at radius 1 is 0.432 bits per heavy atom. The minimum Gasteiger partial charge on any atom is -0.308 e. The summed E-state index contributed by atoms with van der Waals surface area (Å²) < 4.78 is 2.42. The SMILES string of the molecule is c1ccc(-c2ccc(-c3ccc(N(c4ccccc4-c4ccccc4)c4ccnc5c4sc4ccccc45)cc3)cc2)cc1. The maximum atomic E-state index is 4.85. The van der Waals surface area contributed by atoms with Gasteiger partial charge in [0, 0.05) is 27.5 Å². The maximum Gasteiger partial charge on any atom is 0.0909 e. The summed E-state index contributed by atoms with van der Waals surface area (Å²) in [5.41, 5.74) is 11.6. The van der Waals surface area contributed by atoms with Crippen molar-refractivity contribution in [2.45, 2.75) is 0 Å².